The topological polar surface area (TPSA) is 84.2 Å². The van der Waals surface area contributed by atoms with Crippen molar-refractivity contribution < 1.29 is 9.59 Å². The number of benzene rings is 2. The number of nitrogens with one attached hydrogen (secondary N) is 2. The molecule has 0 aliphatic carbocycles. The summed E-state index contributed by atoms with van der Waals surface area (Å²) in [7, 11) is 0. The van der Waals surface area contributed by atoms with E-state index in [0.717, 1.165) is 0 Å². The molecule has 5 nitrogen and oxygen atoms in total. The first-order valence-electron chi connectivity index (χ1n) is 6.09. The number of anilines is 3. The van der Waals surface area contributed by atoms with Crippen molar-refractivity contribution >= 4 is 28.9 Å². The Bertz CT molecular complexity index is 619. The minimum absolute atomic E-state index is 0.0112. The van der Waals surface area contributed by atoms with Crippen molar-refractivity contribution in [3.05, 3.63) is 54.1 Å². The molecule has 0 bridgehead atoms. The number of urea groups is 1. The van der Waals surface area contributed by atoms with Crippen molar-refractivity contribution in [2.45, 2.75) is 6.92 Å². The van der Waals surface area contributed by atoms with Gasteiger partial charge in [-0.05, 0) is 55.5 Å². The first-order chi connectivity index (χ1) is 9.54. The van der Waals surface area contributed by atoms with Gasteiger partial charge in [0.1, 0.15) is 0 Å². The van der Waals surface area contributed by atoms with Gasteiger partial charge in [0, 0.05) is 22.6 Å². The van der Waals surface area contributed by atoms with Crippen LogP contribution in [0.15, 0.2) is 48.5 Å². The summed E-state index contributed by atoms with van der Waals surface area (Å²) in [6.07, 6.45) is 0. The number of rotatable bonds is 3. The monoisotopic (exact) mass is 269 g/mol. The Labute approximate surface area is 116 Å². The average Bonchev–Trinajstić information content (AvgIpc) is 2.42. The van der Waals surface area contributed by atoms with Crippen LogP contribution >= 0.6 is 0 Å². The molecule has 0 fully saturated rings. The highest BCUT2D eigenvalue weighted by atomic mass is 16.2. The van der Waals surface area contributed by atoms with E-state index in [4.69, 9.17) is 5.73 Å². The van der Waals surface area contributed by atoms with Crippen LogP contribution in [-0.4, -0.2) is 11.8 Å². The lowest BCUT2D eigenvalue weighted by Gasteiger charge is -2.08. The van der Waals surface area contributed by atoms with Gasteiger partial charge in [0.15, 0.2) is 5.78 Å². The molecule has 5 heteroatoms. The highest BCUT2D eigenvalue weighted by molar-refractivity contribution is 6.00. The third kappa shape index (κ3) is 3.58. The Kier molecular flexibility index (Phi) is 4.00. The molecule has 0 atom stereocenters. The zero-order valence-electron chi connectivity index (χ0n) is 11.0. The molecule has 0 spiro atoms. The Hall–Kier alpha value is -2.82. The lowest BCUT2D eigenvalue weighted by atomic mass is 10.1. The molecule has 0 aromatic heterocycles. The number of amides is 2. The minimum Gasteiger partial charge on any atom is -0.399 e. The second kappa shape index (κ2) is 5.88. The molecule has 0 heterocycles. The van der Waals surface area contributed by atoms with Gasteiger partial charge < -0.3 is 16.4 Å². The van der Waals surface area contributed by atoms with E-state index in [1.165, 1.54) is 6.92 Å². The maximum atomic E-state index is 11.8. The predicted molar refractivity (Wildman–Crippen MR) is 79.9 cm³/mol. The van der Waals surface area contributed by atoms with E-state index >= 15 is 0 Å². The van der Waals surface area contributed by atoms with Crippen LogP contribution in [0.25, 0.3) is 0 Å². The maximum Gasteiger partial charge on any atom is 0.323 e. The highest BCUT2D eigenvalue weighted by Crippen LogP contribution is 2.13. The lowest BCUT2D eigenvalue weighted by Crippen LogP contribution is -2.19. The largest absolute Gasteiger partial charge is 0.399 e. The van der Waals surface area contributed by atoms with E-state index in [2.05, 4.69) is 10.6 Å². The van der Waals surface area contributed by atoms with E-state index in [9.17, 15) is 9.59 Å². The third-order valence-electron chi connectivity index (χ3n) is 2.72. The predicted octanol–water partition coefficient (Wildman–Crippen LogP) is 3.12. The van der Waals surface area contributed by atoms with Gasteiger partial charge in [-0.3, -0.25) is 4.79 Å². The molecule has 0 saturated heterocycles. The quantitative estimate of drug-likeness (QED) is 0.591. The van der Waals surface area contributed by atoms with Crippen molar-refractivity contribution in [2.24, 2.45) is 0 Å². The van der Waals surface area contributed by atoms with E-state index in [1.807, 2.05) is 0 Å². The minimum atomic E-state index is -0.356. The molecule has 0 aliphatic heterocycles. The van der Waals surface area contributed by atoms with Gasteiger partial charge in [-0.15, -0.1) is 0 Å². The molecule has 2 amide bonds. The summed E-state index contributed by atoms with van der Waals surface area (Å²) in [6.45, 7) is 1.50. The molecule has 2 aromatic rings. The standard InChI is InChI=1S/C15H15N3O2/c1-10(19)11-2-6-13(7-3-11)17-15(20)18-14-8-4-12(16)5-9-14/h2-9H,16H2,1H3,(H2,17,18,20). The van der Waals surface area contributed by atoms with Crippen molar-refractivity contribution in [1.29, 1.82) is 0 Å². The zero-order chi connectivity index (χ0) is 14.5. The smallest absolute Gasteiger partial charge is 0.323 e. The van der Waals surface area contributed by atoms with Gasteiger partial charge in [0.2, 0.25) is 0 Å². The molecule has 4 N–H and O–H groups in total. The van der Waals surface area contributed by atoms with Crippen molar-refractivity contribution in [3.63, 3.8) is 0 Å². The SMILES string of the molecule is CC(=O)c1ccc(NC(=O)Nc2ccc(N)cc2)cc1. The van der Waals surface area contributed by atoms with E-state index in [-0.39, 0.29) is 11.8 Å². The molecule has 2 rings (SSSR count). The summed E-state index contributed by atoms with van der Waals surface area (Å²) in [5.74, 6) is -0.0112. The summed E-state index contributed by atoms with van der Waals surface area (Å²) < 4.78 is 0. The fourth-order valence-corrected chi connectivity index (χ4v) is 1.65. The maximum absolute atomic E-state index is 11.8. The van der Waals surface area contributed by atoms with E-state index < -0.39 is 0 Å². The summed E-state index contributed by atoms with van der Waals surface area (Å²) in [5, 5.41) is 5.36. The van der Waals surface area contributed by atoms with Gasteiger partial charge in [0.05, 0.1) is 0 Å². The Morgan fingerprint density at radius 3 is 1.75 bits per heavy atom. The van der Waals surface area contributed by atoms with Gasteiger partial charge >= 0.3 is 6.03 Å². The van der Waals surface area contributed by atoms with Gasteiger partial charge in [-0.2, -0.15) is 0 Å². The number of hydrogen-bond donors (Lipinski definition) is 3. The third-order valence-corrected chi connectivity index (χ3v) is 2.72. The summed E-state index contributed by atoms with van der Waals surface area (Å²) in [6, 6.07) is 13.2. The Morgan fingerprint density at radius 1 is 0.850 bits per heavy atom. The van der Waals surface area contributed by atoms with Crippen molar-refractivity contribution in [3.8, 4) is 0 Å². The van der Waals surface area contributed by atoms with Gasteiger partial charge in [-0.1, -0.05) is 0 Å². The zero-order valence-corrected chi connectivity index (χ0v) is 11.0. The summed E-state index contributed by atoms with van der Waals surface area (Å²) in [4.78, 5) is 22.9. The van der Waals surface area contributed by atoms with Crippen molar-refractivity contribution in [2.75, 3.05) is 16.4 Å². The molecule has 0 radical (unpaired) electrons. The number of carbonyl (C=O) groups is 2. The first kappa shape index (κ1) is 13.6. The molecule has 0 aliphatic rings. The lowest BCUT2D eigenvalue weighted by molar-refractivity contribution is 0.101. The second-order valence-corrected chi connectivity index (χ2v) is 4.33. The van der Waals surface area contributed by atoms with Gasteiger partial charge in [0.25, 0.3) is 0 Å². The van der Waals surface area contributed by atoms with Crippen LogP contribution in [0.1, 0.15) is 17.3 Å². The van der Waals surface area contributed by atoms with Crippen LogP contribution in [0.5, 0.6) is 0 Å². The average molecular weight is 269 g/mol. The molecule has 0 saturated carbocycles. The Morgan fingerprint density at radius 2 is 1.30 bits per heavy atom. The fraction of sp³-hybridized carbons (Fsp3) is 0.0667. The number of carbonyl (C=O) groups excluding carboxylic acids is 2. The number of ketones is 1. The van der Waals surface area contributed by atoms with E-state index in [0.29, 0.717) is 22.6 Å². The van der Waals surface area contributed by atoms with Crippen molar-refractivity contribution in [1.82, 2.24) is 0 Å². The molecule has 0 unspecified atom stereocenters. The fourth-order valence-electron chi connectivity index (χ4n) is 1.65. The molecule has 20 heavy (non-hydrogen) atoms. The van der Waals surface area contributed by atoms with Crippen LogP contribution in [0.4, 0.5) is 21.9 Å². The summed E-state index contributed by atoms with van der Waals surface area (Å²) >= 11 is 0. The van der Waals surface area contributed by atoms with Crippen LogP contribution in [-0.2, 0) is 0 Å². The number of Topliss-reactive ketones (excluding diaryl/α,β-unsaturated/α-hetero) is 1. The summed E-state index contributed by atoms with van der Waals surface area (Å²) in [5.41, 5.74) is 8.07. The normalized spacial score (nSPS) is 9.85. The first-order valence-corrected chi connectivity index (χ1v) is 6.09. The van der Waals surface area contributed by atoms with Crippen LogP contribution in [0.3, 0.4) is 0 Å². The number of hydrogen-bond acceptors (Lipinski definition) is 3. The number of nitrogen functional groups attached to an aromatic ring is 1. The van der Waals surface area contributed by atoms with Crippen LogP contribution in [0.2, 0.25) is 0 Å². The molecular formula is C15H15N3O2. The second-order valence-electron chi connectivity index (χ2n) is 4.33. The van der Waals surface area contributed by atoms with E-state index in [1.54, 1.807) is 48.5 Å². The Balaban J connectivity index is 1.97. The van der Waals surface area contributed by atoms with Gasteiger partial charge in [-0.25, -0.2) is 4.79 Å². The van der Waals surface area contributed by atoms with Crippen LogP contribution in [0, 0.1) is 0 Å². The molecule has 102 valence electrons. The highest BCUT2D eigenvalue weighted by Gasteiger charge is 2.03. The van der Waals surface area contributed by atoms with Crippen LogP contribution < -0.4 is 16.4 Å². The number of nitrogens with two attached hydrogens (primary N) is 1. The molecular weight excluding hydrogens is 254 g/mol. The molecule has 2 aromatic carbocycles.